The lowest BCUT2D eigenvalue weighted by Gasteiger charge is -2.47. The van der Waals surface area contributed by atoms with Crippen LogP contribution in [0.4, 0.5) is 0 Å². The third-order valence-electron chi connectivity index (χ3n) is 9.11. The first-order valence-electron chi connectivity index (χ1n) is 16.6. The minimum absolute atomic E-state index is 0.130. The third kappa shape index (κ3) is 9.18. The van der Waals surface area contributed by atoms with Gasteiger partial charge < -0.3 is 89.3 Å². The highest BCUT2D eigenvalue weighted by Gasteiger charge is 2.55. The quantitative estimate of drug-likeness (QED) is 0.0569. The Morgan fingerprint density at radius 1 is 0.830 bits per heavy atom. The van der Waals surface area contributed by atoms with E-state index in [1.54, 1.807) is 0 Å². The largest absolute Gasteiger partial charge is 0.504 e. The second-order valence-corrected chi connectivity index (χ2v) is 12.9. The molecule has 53 heavy (non-hydrogen) atoms. The highest BCUT2D eigenvalue weighted by Crippen LogP contribution is 2.35. The molecule has 0 aromatic heterocycles. The Labute approximate surface area is 302 Å². The Kier molecular flexibility index (Phi) is 13.2. The minimum Gasteiger partial charge on any atom is -0.504 e. The number of benzene rings is 2. The highest BCUT2D eigenvalue weighted by atomic mass is 16.8. The van der Waals surface area contributed by atoms with E-state index < -0.39 is 111 Å². The van der Waals surface area contributed by atoms with E-state index in [1.165, 1.54) is 49.4 Å². The summed E-state index contributed by atoms with van der Waals surface area (Å²) >= 11 is 0. The van der Waals surface area contributed by atoms with Crippen LogP contribution in [0, 0.1) is 0 Å². The molecule has 13 atom stereocenters. The van der Waals surface area contributed by atoms with Gasteiger partial charge in [0.15, 0.2) is 48.0 Å². The van der Waals surface area contributed by atoms with Crippen molar-refractivity contribution < 1.29 is 94.1 Å². The number of carbonyl (C=O) groups is 1. The monoisotopic (exact) mass is 756 g/mol. The Morgan fingerprint density at radius 2 is 1.49 bits per heavy atom. The molecule has 3 fully saturated rings. The lowest BCUT2D eigenvalue weighted by molar-refractivity contribution is -0.366. The fourth-order valence-electron chi connectivity index (χ4n) is 5.96. The van der Waals surface area contributed by atoms with Crippen molar-refractivity contribution in [3.8, 4) is 23.0 Å². The number of esters is 1. The van der Waals surface area contributed by atoms with E-state index in [-0.39, 0.29) is 30.3 Å². The summed E-state index contributed by atoms with van der Waals surface area (Å²) < 4.78 is 39.7. The lowest BCUT2D eigenvalue weighted by Crippen LogP contribution is -2.65. The SMILES string of the molecule is C[C@@H]1O[C@@H](O[C@@H]2[C@@H](O)[C@H](OCCc3ccc(O)c(O)c3)O[C@H](CO)[C@H]2OC(=O)/C=C/c2ccc(O)c(O)c2)[C@H](O)[C@H](OC2OC[C@](O)(CO)[C@H]2O)[C@H]1O. The normalized spacial score (nSPS) is 36.2. The first kappa shape index (κ1) is 40.5. The number of phenols is 4. The Hall–Kier alpha value is -3.67. The van der Waals surface area contributed by atoms with Crippen molar-refractivity contribution in [1.29, 1.82) is 0 Å². The maximum absolute atomic E-state index is 13.0. The van der Waals surface area contributed by atoms with Crippen molar-refractivity contribution in [2.45, 2.75) is 92.8 Å². The van der Waals surface area contributed by atoms with E-state index in [9.17, 15) is 61.0 Å². The maximum Gasteiger partial charge on any atom is 0.331 e. The zero-order valence-corrected chi connectivity index (χ0v) is 28.3. The zero-order valence-electron chi connectivity index (χ0n) is 28.3. The summed E-state index contributed by atoms with van der Waals surface area (Å²) in [5.74, 6) is -2.56. The number of aliphatic hydroxyl groups excluding tert-OH is 6. The van der Waals surface area contributed by atoms with Gasteiger partial charge in [0, 0.05) is 6.08 Å². The molecule has 3 aliphatic rings. The summed E-state index contributed by atoms with van der Waals surface area (Å²) in [6, 6.07) is 7.86. The number of rotatable bonds is 13. The predicted molar refractivity (Wildman–Crippen MR) is 174 cm³/mol. The van der Waals surface area contributed by atoms with Crippen LogP contribution >= 0.6 is 0 Å². The average Bonchev–Trinajstić information content (AvgIpc) is 3.42. The van der Waals surface area contributed by atoms with Crippen molar-refractivity contribution >= 4 is 12.0 Å². The smallest absolute Gasteiger partial charge is 0.331 e. The van der Waals surface area contributed by atoms with Crippen molar-refractivity contribution in [2.75, 3.05) is 26.4 Å². The molecule has 0 spiro atoms. The highest BCUT2D eigenvalue weighted by molar-refractivity contribution is 5.87. The fourth-order valence-corrected chi connectivity index (χ4v) is 5.96. The van der Waals surface area contributed by atoms with Gasteiger partial charge in [-0.25, -0.2) is 4.79 Å². The van der Waals surface area contributed by atoms with Crippen molar-refractivity contribution in [2.24, 2.45) is 0 Å². The van der Waals surface area contributed by atoms with Crippen LogP contribution in [-0.2, 0) is 44.4 Å². The molecule has 0 radical (unpaired) electrons. The molecule has 19 heteroatoms. The molecule has 3 aliphatic heterocycles. The van der Waals surface area contributed by atoms with E-state index in [0.717, 1.165) is 6.08 Å². The maximum atomic E-state index is 13.0. The lowest BCUT2D eigenvalue weighted by atomic mass is 9.96. The second kappa shape index (κ2) is 17.2. The van der Waals surface area contributed by atoms with Crippen LogP contribution in [0.2, 0.25) is 0 Å². The molecule has 0 aliphatic carbocycles. The molecule has 2 aromatic rings. The molecular weight excluding hydrogens is 712 g/mol. The zero-order chi connectivity index (χ0) is 38.6. The van der Waals surface area contributed by atoms with Gasteiger partial charge in [0.05, 0.1) is 32.5 Å². The summed E-state index contributed by atoms with van der Waals surface area (Å²) in [5.41, 5.74) is -1.24. The molecule has 294 valence electrons. The summed E-state index contributed by atoms with van der Waals surface area (Å²) in [6.45, 7) is -0.940. The Morgan fingerprint density at radius 3 is 2.13 bits per heavy atom. The van der Waals surface area contributed by atoms with Gasteiger partial charge in [-0.05, 0) is 54.8 Å². The van der Waals surface area contributed by atoms with Gasteiger partial charge in [-0.1, -0.05) is 12.1 Å². The number of ether oxygens (including phenoxy) is 7. The average molecular weight is 757 g/mol. The van der Waals surface area contributed by atoms with Gasteiger partial charge in [-0.15, -0.1) is 0 Å². The molecule has 0 bridgehead atoms. The van der Waals surface area contributed by atoms with Gasteiger partial charge in [0.2, 0.25) is 0 Å². The number of hydrogen-bond acceptors (Lipinski definition) is 19. The molecule has 2 aromatic carbocycles. The Balaban J connectivity index is 1.36. The number of hydrogen-bond donors (Lipinski definition) is 11. The number of carbonyl (C=O) groups excluding carboxylic acids is 1. The van der Waals surface area contributed by atoms with Gasteiger partial charge in [0.25, 0.3) is 0 Å². The molecule has 3 heterocycles. The number of aromatic hydroxyl groups is 4. The molecule has 0 amide bonds. The standard InChI is InChI=1S/C34H44O19/c1-15-24(42)28(52-33-30(45)34(46,13-36)14-48-33)25(43)32(49-15)53-29-26(44)31(47-9-8-17-3-6-19(38)21(40)11-17)50-22(12-35)27(29)51-23(41)7-4-16-2-5-18(37)20(39)10-16/h2-7,10-11,15,22,24-33,35-40,42-46H,8-9,12-14H2,1H3/b7-4+/t15-,22+,24-,25+,26+,27+,28+,29+,30-,31+,32-,33?,34+/m0/s1. The summed E-state index contributed by atoms with van der Waals surface area (Å²) in [5, 5.41) is 113. The van der Waals surface area contributed by atoms with Gasteiger partial charge in [-0.3, -0.25) is 0 Å². The van der Waals surface area contributed by atoms with Gasteiger partial charge in [-0.2, -0.15) is 0 Å². The first-order chi connectivity index (χ1) is 25.1. The van der Waals surface area contributed by atoms with E-state index in [0.29, 0.717) is 11.1 Å². The van der Waals surface area contributed by atoms with Crippen molar-refractivity contribution in [3.05, 3.63) is 53.6 Å². The topological polar surface area (TPSA) is 304 Å². The molecule has 1 unspecified atom stereocenters. The molecule has 0 saturated carbocycles. The number of phenolic OH excluding ortho intramolecular Hbond substituents is 4. The van der Waals surface area contributed by atoms with Gasteiger partial charge in [0.1, 0.15) is 48.3 Å². The summed E-state index contributed by atoms with van der Waals surface area (Å²) in [6.07, 6.45) is -17.0. The van der Waals surface area contributed by atoms with Crippen molar-refractivity contribution in [3.63, 3.8) is 0 Å². The van der Waals surface area contributed by atoms with Crippen LogP contribution in [0.5, 0.6) is 23.0 Å². The molecule has 19 nitrogen and oxygen atoms in total. The van der Waals surface area contributed by atoms with Crippen LogP contribution in [0.3, 0.4) is 0 Å². The van der Waals surface area contributed by atoms with E-state index >= 15 is 0 Å². The minimum atomic E-state index is -2.08. The van der Waals surface area contributed by atoms with Crippen LogP contribution in [0.1, 0.15) is 18.1 Å². The van der Waals surface area contributed by atoms with Crippen LogP contribution in [0.25, 0.3) is 6.08 Å². The summed E-state index contributed by atoms with van der Waals surface area (Å²) in [4.78, 5) is 13.0. The van der Waals surface area contributed by atoms with E-state index in [1.807, 2.05) is 0 Å². The molecule has 11 N–H and O–H groups in total. The fraction of sp³-hybridized carbons (Fsp3) is 0.559. The van der Waals surface area contributed by atoms with E-state index in [4.69, 9.17) is 33.2 Å². The molecule has 5 rings (SSSR count). The summed E-state index contributed by atoms with van der Waals surface area (Å²) in [7, 11) is 0. The third-order valence-corrected chi connectivity index (χ3v) is 9.11. The Bertz CT molecular complexity index is 1570. The van der Waals surface area contributed by atoms with E-state index in [2.05, 4.69) is 0 Å². The first-order valence-corrected chi connectivity index (χ1v) is 16.6. The van der Waals surface area contributed by atoms with Crippen LogP contribution in [-0.4, -0.2) is 168 Å². The number of aliphatic hydroxyl groups is 7. The van der Waals surface area contributed by atoms with Crippen LogP contribution in [0.15, 0.2) is 42.5 Å². The van der Waals surface area contributed by atoms with Crippen LogP contribution < -0.4 is 0 Å². The van der Waals surface area contributed by atoms with Crippen molar-refractivity contribution in [1.82, 2.24) is 0 Å². The van der Waals surface area contributed by atoms with Gasteiger partial charge >= 0.3 is 5.97 Å². The predicted octanol–water partition coefficient (Wildman–Crippen LogP) is -2.55. The molecular formula is C34H44O19. The molecule has 3 saturated heterocycles. The second-order valence-electron chi connectivity index (χ2n) is 12.9.